The summed E-state index contributed by atoms with van der Waals surface area (Å²) in [6.07, 6.45) is 0. The third kappa shape index (κ3) is 4.13. The number of hydrogen-bond acceptors (Lipinski definition) is 4. The third-order valence-electron chi connectivity index (χ3n) is 3.82. The molecule has 2 N–H and O–H groups in total. The van der Waals surface area contributed by atoms with E-state index in [1.807, 2.05) is 24.3 Å². The van der Waals surface area contributed by atoms with Gasteiger partial charge in [-0.05, 0) is 24.6 Å². The highest BCUT2D eigenvalue weighted by Gasteiger charge is 2.24. The number of rotatable bonds is 5. The van der Waals surface area contributed by atoms with Gasteiger partial charge in [-0.3, -0.25) is 4.90 Å². The lowest BCUT2D eigenvalue weighted by Crippen LogP contribution is -2.46. The van der Waals surface area contributed by atoms with Crippen molar-refractivity contribution in [2.24, 2.45) is 5.73 Å². The minimum atomic E-state index is 0.584. The highest BCUT2D eigenvalue weighted by atomic mass is 32.2. The summed E-state index contributed by atoms with van der Waals surface area (Å²) < 4.78 is 5.80. The molecule has 0 radical (unpaired) electrons. The average Bonchev–Trinajstić information content (AvgIpc) is 2.44. The Labute approximate surface area is 120 Å². The summed E-state index contributed by atoms with van der Waals surface area (Å²) in [5, 5.41) is 0.720. The predicted octanol–water partition coefficient (Wildman–Crippen LogP) is 2.35. The molecule has 1 aliphatic rings. The molecule has 2 rings (SSSR count). The minimum Gasteiger partial charge on any atom is -0.492 e. The Morgan fingerprint density at radius 2 is 2.05 bits per heavy atom. The van der Waals surface area contributed by atoms with E-state index in [0.29, 0.717) is 12.6 Å². The van der Waals surface area contributed by atoms with Crippen LogP contribution in [0.25, 0.3) is 0 Å². The zero-order chi connectivity index (χ0) is 13.7. The second-order valence-electron chi connectivity index (χ2n) is 5.05. The first kappa shape index (κ1) is 14.7. The maximum absolute atomic E-state index is 5.80. The van der Waals surface area contributed by atoms with Crippen LogP contribution < -0.4 is 10.5 Å². The van der Waals surface area contributed by atoms with E-state index in [9.17, 15) is 0 Å². The molecule has 0 aliphatic carbocycles. The highest BCUT2D eigenvalue weighted by Crippen LogP contribution is 2.23. The van der Waals surface area contributed by atoms with Crippen molar-refractivity contribution in [2.75, 3.05) is 25.4 Å². The largest absolute Gasteiger partial charge is 0.492 e. The maximum atomic E-state index is 5.80. The Kier molecular flexibility index (Phi) is 5.55. The van der Waals surface area contributed by atoms with Crippen LogP contribution in [0, 0.1) is 0 Å². The molecule has 1 heterocycles. The summed E-state index contributed by atoms with van der Waals surface area (Å²) in [6, 6.07) is 8.69. The minimum absolute atomic E-state index is 0.584. The van der Waals surface area contributed by atoms with E-state index in [0.717, 1.165) is 29.7 Å². The van der Waals surface area contributed by atoms with Crippen molar-refractivity contribution < 1.29 is 4.74 Å². The van der Waals surface area contributed by atoms with Crippen LogP contribution in [0.1, 0.15) is 19.4 Å². The second-order valence-corrected chi connectivity index (χ2v) is 6.53. The van der Waals surface area contributed by atoms with E-state index in [-0.39, 0.29) is 0 Å². The molecule has 106 valence electrons. The molecular weight excluding hydrogens is 256 g/mol. The molecule has 0 bridgehead atoms. The van der Waals surface area contributed by atoms with E-state index in [1.165, 1.54) is 12.3 Å². The first-order valence-electron chi connectivity index (χ1n) is 6.98. The normalized spacial score (nSPS) is 24.4. The smallest absolute Gasteiger partial charge is 0.119 e. The van der Waals surface area contributed by atoms with Crippen LogP contribution in [0.4, 0.5) is 0 Å². The van der Waals surface area contributed by atoms with Gasteiger partial charge in [0.15, 0.2) is 0 Å². The fourth-order valence-corrected chi connectivity index (χ4v) is 3.48. The fourth-order valence-electron chi connectivity index (χ4n) is 2.31. The van der Waals surface area contributed by atoms with Crippen LogP contribution in [0.3, 0.4) is 0 Å². The zero-order valence-electron chi connectivity index (χ0n) is 11.8. The number of hydrogen-bond donors (Lipinski definition) is 1. The van der Waals surface area contributed by atoms with Crippen molar-refractivity contribution in [2.45, 2.75) is 31.7 Å². The Morgan fingerprint density at radius 3 is 2.74 bits per heavy atom. The molecule has 0 amide bonds. The van der Waals surface area contributed by atoms with Gasteiger partial charge in [-0.25, -0.2) is 0 Å². The molecule has 1 fully saturated rings. The zero-order valence-corrected chi connectivity index (χ0v) is 12.7. The summed E-state index contributed by atoms with van der Waals surface area (Å²) in [7, 11) is 0. The van der Waals surface area contributed by atoms with Crippen LogP contribution in [-0.4, -0.2) is 41.6 Å². The van der Waals surface area contributed by atoms with E-state index in [1.54, 1.807) is 0 Å². The van der Waals surface area contributed by atoms with Crippen molar-refractivity contribution >= 4 is 11.8 Å². The highest BCUT2D eigenvalue weighted by molar-refractivity contribution is 8.00. The number of benzene rings is 1. The molecule has 0 saturated carbocycles. The van der Waals surface area contributed by atoms with Gasteiger partial charge in [-0.15, -0.1) is 0 Å². The molecule has 0 aromatic heterocycles. The van der Waals surface area contributed by atoms with Crippen molar-refractivity contribution in [1.82, 2.24) is 4.90 Å². The molecule has 3 nitrogen and oxygen atoms in total. The topological polar surface area (TPSA) is 38.5 Å². The summed E-state index contributed by atoms with van der Waals surface area (Å²) in [5.74, 6) is 2.17. The molecule has 19 heavy (non-hydrogen) atoms. The van der Waals surface area contributed by atoms with Gasteiger partial charge in [0, 0.05) is 36.7 Å². The van der Waals surface area contributed by atoms with Gasteiger partial charge in [0.1, 0.15) is 12.4 Å². The number of thioether (sulfide) groups is 1. The summed E-state index contributed by atoms with van der Waals surface area (Å²) in [4.78, 5) is 2.52. The van der Waals surface area contributed by atoms with Gasteiger partial charge in [0.05, 0.1) is 0 Å². The SMILES string of the molecule is CC1SCCN(CCOc2ccc(CN)cc2)C1C. The van der Waals surface area contributed by atoms with Gasteiger partial charge in [0.25, 0.3) is 0 Å². The number of ether oxygens (including phenoxy) is 1. The maximum Gasteiger partial charge on any atom is 0.119 e. The first-order chi connectivity index (χ1) is 9.20. The van der Waals surface area contributed by atoms with Crippen LogP contribution in [0.5, 0.6) is 5.75 Å². The van der Waals surface area contributed by atoms with Crippen molar-refractivity contribution in [3.8, 4) is 5.75 Å². The van der Waals surface area contributed by atoms with Crippen molar-refractivity contribution in [3.63, 3.8) is 0 Å². The van der Waals surface area contributed by atoms with E-state index in [2.05, 4.69) is 30.5 Å². The first-order valence-corrected chi connectivity index (χ1v) is 8.03. The summed E-state index contributed by atoms with van der Waals surface area (Å²) >= 11 is 2.07. The Balaban J connectivity index is 1.76. The molecule has 1 saturated heterocycles. The van der Waals surface area contributed by atoms with Crippen LogP contribution in [0.2, 0.25) is 0 Å². The van der Waals surface area contributed by atoms with Crippen LogP contribution in [-0.2, 0) is 6.54 Å². The summed E-state index contributed by atoms with van der Waals surface area (Å²) in [6.45, 7) is 8.14. The number of nitrogens with zero attached hydrogens (tertiary/aromatic N) is 1. The Hall–Kier alpha value is -0.710. The second kappa shape index (κ2) is 7.17. The molecule has 1 aromatic carbocycles. The fraction of sp³-hybridized carbons (Fsp3) is 0.600. The monoisotopic (exact) mass is 280 g/mol. The van der Waals surface area contributed by atoms with Gasteiger partial charge < -0.3 is 10.5 Å². The average molecular weight is 280 g/mol. The lowest BCUT2D eigenvalue weighted by Gasteiger charge is -2.37. The van der Waals surface area contributed by atoms with Gasteiger partial charge in [0.2, 0.25) is 0 Å². The van der Waals surface area contributed by atoms with E-state index < -0.39 is 0 Å². The van der Waals surface area contributed by atoms with Gasteiger partial charge in [-0.1, -0.05) is 19.1 Å². The molecule has 2 atom stereocenters. The third-order valence-corrected chi connectivity index (χ3v) is 5.16. The quantitative estimate of drug-likeness (QED) is 0.898. The lowest BCUT2D eigenvalue weighted by atomic mass is 10.2. The number of nitrogens with two attached hydrogens (primary N) is 1. The standard InChI is InChI=1S/C15H24N2OS/c1-12-13(2)19-10-8-17(12)7-9-18-15-5-3-14(11-16)4-6-15/h3-6,12-13H,7-11,16H2,1-2H3. The molecule has 2 unspecified atom stereocenters. The summed E-state index contributed by atoms with van der Waals surface area (Å²) in [5.41, 5.74) is 6.72. The Morgan fingerprint density at radius 1 is 1.32 bits per heavy atom. The van der Waals surface area contributed by atoms with E-state index >= 15 is 0 Å². The van der Waals surface area contributed by atoms with Gasteiger partial charge in [-0.2, -0.15) is 11.8 Å². The van der Waals surface area contributed by atoms with Gasteiger partial charge >= 0.3 is 0 Å². The molecule has 0 spiro atoms. The molecule has 4 heteroatoms. The predicted molar refractivity (Wildman–Crippen MR) is 82.8 cm³/mol. The molecule has 1 aliphatic heterocycles. The van der Waals surface area contributed by atoms with Crippen molar-refractivity contribution in [1.29, 1.82) is 0 Å². The lowest BCUT2D eigenvalue weighted by molar-refractivity contribution is 0.170. The Bertz CT molecular complexity index is 382. The molecular formula is C15H24N2OS. The molecule has 1 aromatic rings. The van der Waals surface area contributed by atoms with Crippen molar-refractivity contribution in [3.05, 3.63) is 29.8 Å². The van der Waals surface area contributed by atoms with Crippen LogP contribution in [0.15, 0.2) is 24.3 Å². The van der Waals surface area contributed by atoms with Crippen LogP contribution >= 0.6 is 11.8 Å². The van der Waals surface area contributed by atoms with E-state index in [4.69, 9.17) is 10.5 Å².